The van der Waals surface area contributed by atoms with Gasteiger partial charge in [-0.1, -0.05) is 35.5 Å². The molecule has 0 amide bonds. The number of nitrogens with zero attached hydrogens (tertiary/aromatic N) is 4. The molecule has 0 atom stereocenters. The van der Waals surface area contributed by atoms with Crippen LogP contribution in [0.4, 0.5) is 0 Å². The maximum absolute atomic E-state index is 5.92. The van der Waals surface area contributed by atoms with Crippen LogP contribution in [-0.4, -0.2) is 19.4 Å². The van der Waals surface area contributed by atoms with Gasteiger partial charge in [0.15, 0.2) is 4.34 Å². The predicted octanol–water partition coefficient (Wildman–Crippen LogP) is 4.80. The van der Waals surface area contributed by atoms with E-state index in [9.17, 15) is 0 Å². The molecule has 0 unspecified atom stereocenters. The molecular formula is C16H11ClN4S2. The van der Waals surface area contributed by atoms with Gasteiger partial charge in [0, 0.05) is 40.3 Å². The molecule has 4 rings (SSSR count). The van der Waals surface area contributed by atoms with Crippen LogP contribution in [0.25, 0.3) is 17.0 Å². The van der Waals surface area contributed by atoms with Crippen LogP contribution < -0.4 is 0 Å². The smallest absolute Gasteiger partial charge is 0.233 e. The fourth-order valence-corrected chi connectivity index (χ4v) is 4.01. The zero-order chi connectivity index (χ0) is 15.6. The Kier molecular flexibility index (Phi) is 4.03. The lowest BCUT2D eigenvalue weighted by molar-refractivity contribution is 1.11. The second kappa shape index (κ2) is 6.31. The molecule has 23 heavy (non-hydrogen) atoms. The van der Waals surface area contributed by atoms with Crippen molar-refractivity contribution in [1.82, 2.24) is 19.4 Å². The summed E-state index contributed by atoms with van der Waals surface area (Å²) in [6.07, 6.45) is 5.70. The average Bonchev–Trinajstić information content (AvgIpc) is 3.20. The lowest BCUT2D eigenvalue weighted by Gasteiger charge is -1.96. The monoisotopic (exact) mass is 358 g/mol. The largest absolute Gasteiger partial charge is 0.291 e. The minimum Gasteiger partial charge on any atom is -0.291 e. The number of thiazole rings is 1. The minimum absolute atomic E-state index is 0.726. The Bertz CT molecular complexity index is 913. The first-order chi connectivity index (χ1) is 11.3. The Labute approximate surface area is 146 Å². The van der Waals surface area contributed by atoms with Gasteiger partial charge >= 0.3 is 0 Å². The van der Waals surface area contributed by atoms with Crippen molar-refractivity contribution < 1.29 is 0 Å². The number of rotatable bonds is 4. The van der Waals surface area contributed by atoms with Gasteiger partial charge in [0.2, 0.25) is 5.78 Å². The van der Waals surface area contributed by atoms with E-state index in [1.165, 1.54) is 0 Å². The SMILES string of the molecule is Clc1ccc(-c2csc(SCc3cn4cccnc4n3)n2)cc1. The molecule has 4 nitrogen and oxygen atoms in total. The fourth-order valence-electron chi connectivity index (χ4n) is 2.16. The third kappa shape index (κ3) is 3.24. The molecule has 114 valence electrons. The van der Waals surface area contributed by atoms with Crippen molar-refractivity contribution in [3.05, 3.63) is 65.0 Å². The van der Waals surface area contributed by atoms with E-state index in [0.717, 1.165) is 37.8 Å². The maximum Gasteiger partial charge on any atom is 0.233 e. The highest BCUT2D eigenvalue weighted by Gasteiger charge is 2.07. The van der Waals surface area contributed by atoms with Crippen molar-refractivity contribution in [3.63, 3.8) is 0 Å². The second-order valence-corrected chi connectivity index (χ2v) is 7.37. The number of imidazole rings is 1. The molecule has 0 bridgehead atoms. The molecule has 3 aromatic heterocycles. The first-order valence-corrected chi connectivity index (χ1v) is 9.15. The van der Waals surface area contributed by atoms with Gasteiger partial charge in [0.1, 0.15) is 0 Å². The Balaban J connectivity index is 1.48. The van der Waals surface area contributed by atoms with E-state index in [0.29, 0.717) is 0 Å². The zero-order valence-corrected chi connectivity index (χ0v) is 14.3. The van der Waals surface area contributed by atoms with Gasteiger partial charge in [-0.05, 0) is 18.2 Å². The molecule has 0 fully saturated rings. The van der Waals surface area contributed by atoms with Gasteiger partial charge in [-0.25, -0.2) is 15.0 Å². The minimum atomic E-state index is 0.726. The van der Waals surface area contributed by atoms with Gasteiger partial charge in [0.05, 0.1) is 11.4 Å². The number of halogens is 1. The van der Waals surface area contributed by atoms with E-state index in [1.807, 2.05) is 47.1 Å². The van der Waals surface area contributed by atoms with Crippen LogP contribution >= 0.6 is 34.7 Å². The normalized spacial score (nSPS) is 11.2. The third-order valence-corrected chi connectivity index (χ3v) is 5.56. The molecular weight excluding hydrogens is 348 g/mol. The quantitative estimate of drug-likeness (QED) is 0.491. The van der Waals surface area contributed by atoms with Crippen LogP contribution in [0.5, 0.6) is 0 Å². The molecule has 0 spiro atoms. The van der Waals surface area contributed by atoms with Crippen LogP contribution in [-0.2, 0) is 5.75 Å². The molecule has 0 saturated carbocycles. The molecule has 0 aliphatic carbocycles. The van der Waals surface area contributed by atoms with Crippen molar-refractivity contribution in [1.29, 1.82) is 0 Å². The Hall–Kier alpha value is -1.89. The molecule has 4 aromatic rings. The first kappa shape index (κ1) is 14.7. The summed E-state index contributed by atoms with van der Waals surface area (Å²) in [5, 5.41) is 2.80. The Morgan fingerprint density at radius 1 is 1.17 bits per heavy atom. The molecule has 7 heteroatoms. The predicted molar refractivity (Wildman–Crippen MR) is 95.1 cm³/mol. The highest BCUT2D eigenvalue weighted by molar-refractivity contribution is 8.00. The summed E-state index contributed by atoms with van der Waals surface area (Å²) in [6, 6.07) is 9.63. The summed E-state index contributed by atoms with van der Waals surface area (Å²) in [6.45, 7) is 0. The van der Waals surface area contributed by atoms with Gasteiger partial charge < -0.3 is 0 Å². The van der Waals surface area contributed by atoms with Crippen molar-refractivity contribution >= 4 is 40.5 Å². The topological polar surface area (TPSA) is 43.1 Å². The number of hydrogen-bond acceptors (Lipinski definition) is 5. The van der Waals surface area contributed by atoms with Crippen LogP contribution in [0, 0.1) is 0 Å². The number of aromatic nitrogens is 4. The highest BCUT2D eigenvalue weighted by atomic mass is 35.5. The highest BCUT2D eigenvalue weighted by Crippen LogP contribution is 2.30. The van der Waals surface area contributed by atoms with E-state index in [4.69, 9.17) is 11.6 Å². The lowest BCUT2D eigenvalue weighted by Crippen LogP contribution is -1.83. The average molecular weight is 359 g/mol. The van der Waals surface area contributed by atoms with Crippen LogP contribution in [0.3, 0.4) is 0 Å². The van der Waals surface area contributed by atoms with E-state index in [1.54, 1.807) is 29.3 Å². The second-order valence-electron chi connectivity index (χ2n) is 4.85. The van der Waals surface area contributed by atoms with Gasteiger partial charge in [0.25, 0.3) is 0 Å². The van der Waals surface area contributed by atoms with Gasteiger partial charge in [-0.2, -0.15) is 0 Å². The van der Waals surface area contributed by atoms with Gasteiger partial charge in [-0.3, -0.25) is 4.40 Å². The van der Waals surface area contributed by atoms with Crippen LogP contribution in [0.2, 0.25) is 5.02 Å². The Morgan fingerprint density at radius 3 is 2.87 bits per heavy atom. The van der Waals surface area contributed by atoms with Gasteiger partial charge in [-0.15, -0.1) is 11.3 Å². The van der Waals surface area contributed by atoms with Crippen molar-refractivity contribution in [3.8, 4) is 11.3 Å². The number of fused-ring (bicyclic) bond motifs is 1. The third-order valence-electron chi connectivity index (χ3n) is 3.25. The maximum atomic E-state index is 5.92. The van der Waals surface area contributed by atoms with Crippen LogP contribution in [0.15, 0.2) is 58.6 Å². The summed E-state index contributed by atoms with van der Waals surface area (Å²) in [7, 11) is 0. The van der Waals surface area contributed by atoms with Crippen molar-refractivity contribution in [2.24, 2.45) is 0 Å². The molecule has 3 heterocycles. The molecule has 0 aliphatic rings. The zero-order valence-electron chi connectivity index (χ0n) is 11.9. The van der Waals surface area contributed by atoms with Crippen molar-refractivity contribution in [2.75, 3.05) is 0 Å². The Morgan fingerprint density at radius 2 is 2.04 bits per heavy atom. The number of thioether (sulfide) groups is 1. The fraction of sp³-hybridized carbons (Fsp3) is 0.0625. The van der Waals surface area contributed by atoms with Crippen molar-refractivity contribution in [2.45, 2.75) is 10.1 Å². The summed E-state index contributed by atoms with van der Waals surface area (Å²) in [5.74, 6) is 1.50. The molecule has 0 aliphatic heterocycles. The van der Waals surface area contributed by atoms with E-state index >= 15 is 0 Å². The summed E-state index contributed by atoms with van der Waals surface area (Å²) >= 11 is 9.25. The van der Waals surface area contributed by atoms with E-state index in [-0.39, 0.29) is 0 Å². The van der Waals surface area contributed by atoms with Crippen LogP contribution in [0.1, 0.15) is 5.69 Å². The summed E-state index contributed by atoms with van der Waals surface area (Å²) in [5.41, 5.74) is 3.05. The summed E-state index contributed by atoms with van der Waals surface area (Å²) < 4.78 is 2.96. The number of hydrogen-bond donors (Lipinski definition) is 0. The molecule has 1 aromatic carbocycles. The molecule has 0 saturated heterocycles. The van der Waals surface area contributed by atoms with E-state index < -0.39 is 0 Å². The molecule has 0 N–H and O–H groups in total. The molecule has 0 radical (unpaired) electrons. The standard InChI is InChI=1S/C16H11ClN4S2/c17-12-4-2-11(3-5-12)14-10-23-16(20-14)22-9-13-8-21-7-1-6-18-15(21)19-13/h1-8,10H,9H2. The lowest BCUT2D eigenvalue weighted by atomic mass is 10.2. The number of benzene rings is 1. The van der Waals surface area contributed by atoms with E-state index in [2.05, 4.69) is 20.3 Å². The summed E-state index contributed by atoms with van der Waals surface area (Å²) in [4.78, 5) is 13.4. The first-order valence-electron chi connectivity index (χ1n) is 6.91.